The van der Waals surface area contributed by atoms with Gasteiger partial charge in [-0.1, -0.05) is 30.3 Å². The topological polar surface area (TPSA) is 93.2 Å². The second kappa shape index (κ2) is 6.20. The Kier molecular flexibility index (Phi) is 4.36. The first-order valence-corrected chi connectivity index (χ1v) is 7.01. The highest BCUT2D eigenvalue weighted by Crippen LogP contribution is 2.38. The summed E-state index contributed by atoms with van der Waals surface area (Å²) >= 11 is 1.03. The van der Waals surface area contributed by atoms with Gasteiger partial charge in [0.15, 0.2) is 0 Å². The summed E-state index contributed by atoms with van der Waals surface area (Å²) in [6.45, 7) is 1.71. The fourth-order valence-corrected chi connectivity index (χ4v) is 2.91. The summed E-state index contributed by atoms with van der Waals surface area (Å²) in [5.74, 6) is -1.78. The van der Waals surface area contributed by atoms with E-state index in [0.29, 0.717) is 4.88 Å². The summed E-state index contributed by atoms with van der Waals surface area (Å²) in [4.78, 5) is 24.2. The third-order valence-corrected chi connectivity index (χ3v) is 4.01. The summed E-state index contributed by atoms with van der Waals surface area (Å²) in [5.41, 5.74) is 6.85. The van der Waals surface area contributed by atoms with E-state index in [4.69, 9.17) is 5.73 Å². The Balaban J connectivity index is 2.52. The number of ether oxygens (including phenoxy) is 1. The zero-order valence-electron chi connectivity index (χ0n) is 11.3. The molecule has 5 nitrogen and oxygen atoms in total. The number of benzene rings is 1. The van der Waals surface area contributed by atoms with Crippen LogP contribution in [-0.2, 0) is 9.53 Å². The highest BCUT2D eigenvalue weighted by molar-refractivity contribution is 7.19. The van der Waals surface area contributed by atoms with Crippen LogP contribution >= 0.6 is 11.3 Å². The van der Waals surface area contributed by atoms with Crippen molar-refractivity contribution in [2.45, 2.75) is 6.92 Å². The Morgan fingerprint density at radius 2 is 2.00 bits per heavy atom. The summed E-state index contributed by atoms with van der Waals surface area (Å²) in [6.07, 6.45) is 0. The lowest BCUT2D eigenvalue weighted by Crippen LogP contribution is -2.17. The highest BCUT2D eigenvalue weighted by Gasteiger charge is 2.27. The van der Waals surface area contributed by atoms with E-state index in [9.17, 15) is 14.9 Å². The van der Waals surface area contributed by atoms with Crippen molar-refractivity contribution in [3.8, 4) is 16.5 Å². The lowest BCUT2D eigenvalue weighted by Gasteiger charge is -1.99. The number of nitrogens with two attached hydrogens (primary N) is 1. The first kappa shape index (κ1) is 14.8. The average molecular weight is 300 g/mol. The number of hydrogen-bond donors (Lipinski definition) is 1. The SMILES string of the molecule is CCOC(=O)C(=O)c1sc(-c2ccccc2)c(C#N)c1N. The van der Waals surface area contributed by atoms with Gasteiger partial charge in [0.05, 0.1) is 22.7 Å². The molecule has 0 saturated heterocycles. The Morgan fingerprint density at radius 1 is 1.33 bits per heavy atom. The fourth-order valence-electron chi connectivity index (χ4n) is 1.81. The molecule has 2 rings (SSSR count). The molecule has 0 spiro atoms. The number of nitrogen functional groups attached to an aromatic ring is 1. The Labute approximate surface area is 125 Å². The summed E-state index contributed by atoms with van der Waals surface area (Å²) in [5, 5.41) is 9.25. The molecule has 1 aromatic carbocycles. The van der Waals surface area contributed by atoms with Crippen LogP contribution in [0, 0.1) is 11.3 Å². The van der Waals surface area contributed by atoms with Crippen LogP contribution in [-0.4, -0.2) is 18.4 Å². The Bertz CT molecular complexity index is 729. The maximum Gasteiger partial charge on any atom is 0.380 e. The number of nitriles is 1. The number of rotatable bonds is 4. The molecule has 0 fully saturated rings. The van der Waals surface area contributed by atoms with Crippen LogP contribution in [0.1, 0.15) is 22.2 Å². The van der Waals surface area contributed by atoms with Crippen molar-refractivity contribution in [1.82, 2.24) is 0 Å². The average Bonchev–Trinajstić information content (AvgIpc) is 2.84. The van der Waals surface area contributed by atoms with E-state index in [1.54, 1.807) is 6.92 Å². The van der Waals surface area contributed by atoms with Gasteiger partial charge in [0.1, 0.15) is 10.9 Å². The fraction of sp³-hybridized carbons (Fsp3) is 0.133. The van der Waals surface area contributed by atoms with Gasteiger partial charge in [-0.05, 0) is 12.5 Å². The van der Waals surface area contributed by atoms with Crippen molar-refractivity contribution >= 4 is 28.8 Å². The molecule has 6 heteroatoms. The number of carbonyl (C=O) groups excluding carboxylic acids is 2. The molecule has 0 saturated carbocycles. The van der Waals surface area contributed by atoms with Gasteiger partial charge in [0.25, 0.3) is 5.78 Å². The number of nitrogens with zero attached hydrogens (tertiary/aromatic N) is 1. The number of hydrogen-bond acceptors (Lipinski definition) is 6. The summed E-state index contributed by atoms with van der Waals surface area (Å²) < 4.78 is 4.68. The lowest BCUT2D eigenvalue weighted by molar-refractivity contribution is -0.137. The predicted molar refractivity (Wildman–Crippen MR) is 79.8 cm³/mol. The van der Waals surface area contributed by atoms with Crippen LogP contribution in [0.5, 0.6) is 0 Å². The van der Waals surface area contributed by atoms with Gasteiger partial charge in [0.2, 0.25) is 0 Å². The maximum absolute atomic E-state index is 12.0. The molecular weight excluding hydrogens is 288 g/mol. The van der Waals surface area contributed by atoms with E-state index < -0.39 is 11.8 Å². The molecular formula is C15H12N2O3S. The number of ketones is 1. The first-order chi connectivity index (χ1) is 10.1. The molecule has 0 atom stereocenters. The van der Waals surface area contributed by atoms with Crippen LogP contribution in [0.25, 0.3) is 10.4 Å². The molecule has 0 bridgehead atoms. The molecule has 1 heterocycles. The third kappa shape index (κ3) is 2.78. The molecule has 106 valence electrons. The molecule has 0 radical (unpaired) electrons. The summed E-state index contributed by atoms with van der Waals surface area (Å²) in [7, 11) is 0. The van der Waals surface area contributed by atoms with Crippen molar-refractivity contribution in [1.29, 1.82) is 5.26 Å². The molecule has 2 aromatic rings. The number of carbonyl (C=O) groups is 2. The second-order valence-electron chi connectivity index (χ2n) is 4.08. The molecule has 0 aliphatic carbocycles. The van der Waals surface area contributed by atoms with E-state index in [-0.39, 0.29) is 22.7 Å². The number of Topliss-reactive ketones (excluding diaryl/α,β-unsaturated/α-hetero) is 1. The van der Waals surface area contributed by atoms with Crippen LogP contribution in [0.4, 0.5) is 5.69 Å². The second-order valence-corrected chi connectivity index (χ2v) is 5.10. The highest BCUT2D eigenvalue weighted by atomic mass is 32.1. The van der Waals surface area contributed by atoms with Crippen LogP contribution in [0.3, 0.4) is 0 Å². The summed E-state index contributed by atoms with van der Waals surface area (Å²) in [6, 6.07) is 11.1. The van der Waals surface area contributed by atoms with Gasteiger partial charge in [-0.25, -0.2) is 4.79 Å². The molecule has 21 heavy (non-hydrogen) atoms. The molecule has 0 aliphatic rings. The zero-order valence-corrected chi connectivity index (χ0v) is 12.1. The van der Waals surface area contributed by atoms with Gasteiger partial charge in [0, 0.05) is 0 Å². The Morgan fingerprint density at radius 3 is 2.57 bits per heavy atom. The smallest absolute Gasteiger partial charge is 0.380 e. The van der Waals surface area contributed by atoms with Crippen LogP contribution in [0.2, 0.25) is 0 Å². The number of anilines is 1. The van der Waals surface area contributed by atoms with Crippen LogP contribution < -0.4 is 5.73 Å². The van der Waals surface area contributed by atoms with Gasteiger partial charge >= 0.3 is 5.97 Å². The molecule has 0 unspecified atom stereocenters. The van der Waals surface area contributed by atoms with E-state index in [1.807, 2.05) is 36.4 Å². The molecule has 0 aliphatic heterocycles. The molecule has 0 amide bonds. The van der Waals surface area contributed by atoms with E-state index in [0.717, 1.165) is 16.9 Å². The van der Waals surface area contributed by atoms with Crippen molar-refractivity contribution in [2.24, 2.45) is 0 Å². The molecule has 1 aromatic heterocycles. The minimum absolute atomic E-state index is 0.0272. The van der Waals surface area contributed by atoms with Crippen molar-refractivity contribution in [2.75, 3.05) is 12.3 Å². The van der Waals surface area contributed by atoms with Crippen LogP contribution in [0.15, 0.2) is 30.3 Å². The minimum atomic E-state index is -0.963. The maximum atomic E-state index is 12.0. The number of esters is 1. The number of thiophene rings is 1. The Hall–Kier alpha value is -2.65. The van der Waals surface area contributed by atoms with Crippen molar-refractivity contribution < 1.29 is 14.3 Å². The van der Waals surface area contributed by atoms with Crippen molar-refractivity contribution in [3.63, 3.8) is 0 Å². The van der Waals surface area contributed by atoms with E-state index in [1.165, 1.54) is 0 Å². The first-order valence-electron chi connectivity index (χ1n) is 6.19. The largest absolute Gasteiger partial charge is 0.460 e. The van der Waals surface area contributed by atoms with Gasteiger partial charge in [-0.2, -0.15) is 5.26 Å². The molecule has 2 N–H and O–H groups in total. The minimum Gasteiger partial charge on any atom is -0.460 e. The van der Waals surface area contributed by atoms with E-state index in [2.05, 4.69) is 4.74 Å². The van der Waals surface area contributed by atoms with Gasteiger partial charge in [-0.3, -0.25) is 4.79 Å². The standard InChI is InChI=1S/C15H12N2O3S/c1-2-20-15(19)12(18)14-11(17)10(8-16)13(21-14)9-6-4-3-5-7-9/h3-7H,2,17H2,1H3. The quantitative estimate of drug-likeness (QED) is 0.532. The normalized spacial score (nSPS) is 9.90. The van der Waals surface area contributed by atoms with Gasteiger partial charge < -0.3 is 10.5 Å². The third-order valence-electron chi connectivity index (χ3n) is 2.76. The monoisotopic (exact) mass is 300 g/mol. The van der Waals surface area contributed by atoms with Crippen molar-refractivity contribution in [3.05, 3.63) is 40.8 Å². The predicted octanol–water partition coefficient (Wildman–Crippen LogP) is 2.61. The van der Waals surface area contributed by atoms with E-state index >= 15 is 0 Å². The zero-order chi connectivity index (χ0) is 15.4. The van der Waals surface area contributed by atoms with Gasteiger partial charge in [-0.15, -0.1) is 11.3 Å². The lowest BCUT2D eigenvalue weighted by atomic mass is 10.1.